The van der Waals surface area contributed by atoms with Crippen molar-refractivity contribution >= 4 is 11.3 Å². The van der Waals surface area contributed by atoms with Gasteiger partial charge in [-0.15, -0.1) is 11.3 Å². The van der Waals surface area contributed by atoms with Gasteiger partial charge in [0.05, 0.1) is 6.04 Å². The van der Waals surface area contributed by atoms with Crippen molar-refractivity contribution in [3.05, 3.63) is 16.1 Å². The molecule has 1 aromatic rings. The Hall–Kier alpha value is -0.450. The highest BCUT2D eigenvalue weighted by atomic mass is 32.1. The van der Waals surface area contributed by atoms with Crippen molar-refractivity contribution in [2.75, 3.05) is 13.1 Å². The second-order valence-electron chi connectivity index (χ2n) is 5.75. The zero-order chi connectivity index (χ0) is 13.8. The summed E-state index contributed by atoms with van der Waals surface area (Å²) in [5, 5.41) is 4.93. The molecule has 3 nitrogen and oxygen atoms in total. The highest BCUT2D eigenvalue weighted by Crippen LogP contribution is 2.30. The topological polar surface area (TPSA) is 28.2 Å². The fraction of sp³-hybridized carbons (Fsp3) is 0.800. The molecule has 2 heterocycles. The van der Waals surface area contributed by atoms with Crippen LogP contribution in [0.3, 0.4) is 0 Å². The first kappa shape index (κ1) is 14.9. The number of piperidine rings is 1. The second-order valence-corrected chi connectivity index (χ2v) is 7.01. The van der Waals surface area contributed by atoms with E-state index in [0.29, 0.717) is 18.1 Å². The van der Waals surface area contributed by atoms with Crippen molar-refractivity contribution in [2.24, 2.45) is 0 Å². The number of aryl methyl sites for hydroxylation is 1. The van der Waals surface area contributed by atoms with E-state index in [1.165, 1.54) is 35.7 Å². The van der Waals surface area contributed by atoms with Gasteiger partial charge in [0.1, 0.15) is 5.01 Å². The molecule has 0 saturated carbocycles. The van der Waals surface area contributed by atoms with Crippen LogP contribution in [0.4, 0.5) is 0 Å². The lowest BCUT2D eigenvalue weighted by molar-refractivity contribution is 0.0954. The number of aromatic nitrogens is 1. The Balaban J connectivity index is 1.92. The minimum atomic E-state index is 0.459. The molecule has 0 amide bonds. The molecule has 0 aliphatic carbocycles. The molecule has 0 aromatic carbocycles. The van der Waals surface area contributed by atoms with Crippen molar-refractivity contribution in [1.29, 1.82) is 0 Å². The molecule has 1 saturated heterocycles. The molecule has 4 heteroatoms. The molecule has 3 unspecified atom stereocenters. The third-order valence-electron chi connectivity index (χ3n) is 4.10. The van der Waals surface area contributed by atoms with Gasteiger partial charge >= 0.3 is 0 Å². The second kappa shape index (κ2) is 6.82. The zero-order valence-corrected chi connectivity index (χ0v) is 13.5. The Labute approximate surface area is 121 Å². The van der Waals surface area contributed by atoms with Gasteiger partial charge in [-0.25, -0.2) is 4.98 Å². The quantitative estimate of drug-likeness (QED) is 0.897. The minimum absolute atomic E-state index is 0.459. The molecule has 19 heavy (non-hydrogen) atoms. The molecule has 0 bridgehead atoms. The molecule has 0 radical (unpaired) electrons. The van der Waals surface area contributed by atoms with Crippen LogP contribution in [0.5, 0.6) is 0 Å². The lowest BCUT2D eigenvalue weighted by Crippen LogP contribution is -2.48. The number of hydrogen-bond donors (Lipinski definition) is 1. The maximum absolute atomic E-state index is 4.56. The predicted molar refractivity (Wildman–Crippen MR) is 82.7 cm³/mol. The average molecular weight is 281 g/mol. The van der Waals surface area contributed by atoms with Crippen LogP contribution in [0, 0.1) is 6.92 Å². The van der Waals surface area contributed by atoms with E-state index in [4.69, 9.17) is 0 Å². The molecule has 1 fully saturated rings. The van der Waals surface area contributed by atoms with Crippen LogP contribution < -0.4 is 5.32 Å². The van der Waals surface area contributed by atoms with Crippen molar-refractivity contribution in [3.8, 4) is 0 Å². The molecule has 1 N–H and O–H groups in total. The number of rotatable bonds is 5. The van der Waals surface area contributed by atoms with Crippen molar-refractivity contribution in [3.63, 3.8) is 0 Å². The standard InChI is InChI=1S/C15H27N3S/c1-5-7-16-14-6-8-18(11(2)9-14)13(4)15-17-10-12(3)19-15/h10-11,13-14,16H,5-9H2,1-4H3. The summed E-state index contributed by atoms with van der Waals surface area (Å²) < 4.78 is 0. The summed E-state index contributed by atoms with van der Waals surface area (Å²) in [7, 11) is 0. The van der Waals surface area contributed by atoms with Crippen molar-refractivity contribution < 1.29 is 0 Å². The van der Waals surface area contributed by atoms with E-state index in [9.17, 15) is 0 Å². The smallest absolute Gasteiger partial charge is 0.110 e. The van der Waals surface area contributed by atoms with Crippen molar-refractivity contribution in [2.45, 2.75) is 65.1 Å². The first-order valence-corrected chi connectivity index (χ1v) is 8.35. The molecule has 0 spiro atoms. The molecule has 2 rings (SSSR count). The number of thiazole rings is 1. The minimum Gasteiger partial charge on any atom is -0.314 e. The Morgan fingerprint density at radius 3 is 2.95 bits per heavy atom. The summed E-state index contributed by atoms with van der Waals surface area (Å²) in [6.07, 6.45) is 5.74. The van der Waals surface area contributed by atoms with E-state index in [1.807, 2.05) is 17.5 Å². The van der Waals surface area contributed by atoms with E-state index in [0.717, 1.165) is 6.54 Å². The van der Waals surface area contributed by atoms with E-state index in [2.05, 4.69) is 42.9 Å². The molecular weight excluding hydrogens is 254 g/mol. The molecule has 3 atom stereocenters. The normalized spacial score (nSPS) is 26.5. The Morgan fingerprint density at radius 2 is 2.37 bits per heavy atom. The molecule has 108 valence electrons. The fourth-order valence-corrected chi connectivity index (χ4v) is 3.85. The van der Waals surface area contributed by atoms with Gasteiger partial charge in [0.15, 0.2) is 0 Å². The summed E-state index contributed by atoms with van der Waals surface area (Å²) in [5.74, 6) is 0. The third kappa shape index (κ3) is 3.77. The van der Waals surface area contributed by atoms with E-state index < -0.39 is 0 Å². The summed E-state index contributed by atoms with van der Waals surface area (Å²) in [5.41, 5.74) is 0. The van der Waals surface area contributed by atoms with Gasteiger partial charge in [0.2, 0.25) is 0 Å². The maximum atomic E-state index is 4.56. The third-order valence-corrected chi connectivity index (χ3v) is 5.19. The largest absolute Gasteiger partial charge is 0.314 e. The molecule has 1 aromatic heterocycles. The van der Waals surface area contributed by atoms with Gasteiger partial charge in [0, 0.05) is 29.7 Å². The summed E-state index contributed by atoms with van der Waals surface area (Å²) in [4.78, 5) is 8.48. The highest BCUT2D eigenvalue weighted by Gasteiger charge is 2.29. The summed E-state index contributed by atoms with van der Waals surface area (Å²) in [6, 6.07) is 1.81. The van der Waals surface area contributed by atoms with Gasteiger partial charge in [-0.2, -0.15) is 0 Å². The fourth-order valence-electron chi connectivity index (χ4n) is 3.01. The average Bonchev–Trinajstić information content (AvgIpc) is 2.82. The zero-order valence-electron chi connectivity index (χ0n) is 12.6. The Kier molecular flexibility index (Phi) is 5.37. The van der Waals surface area contributed by atoms with Gasteiger partial charge in [-0.3, -0.25) is 4.90 Å². The van der Waals surface area contributed by atoms with Crippen LogP contribution in [-0.2, 0) is 0 Å². The number of likely N-dealkylation sites (tertiary alicyclic amines) is 1. The summed E-state index contributed by atoms with van der Waals surface area (Å²) in [6.45, 7) is 11.4. The maximum Gasteiger partial charge on any atom is 0.110 e. The van der Waals surface area contributed by atoms with Crippen LogP contribution >= 0.6 is 11.3 Å². The lowest BCUT2D eigenvalue weighted by atomic mass is 9.96. The number of hydrogen-bond acceptors (Lipinski definition) is 4. The van der Waals surface area contributed by atoms with Crippen LogP contribution in [0.25, 0.3) is 0 Å². The van der Waals surface area contributed by atoms with E-state index >= 15 is 0 Å². The van der Waals surface area contributed by atoms with Crippen LogP contribution in [0.2, 0.25) is 0 Å². The van der Waals surface area contributed by atoms with Crippen LogP contribution in [0.15, 0.2) is 6.20 Å². The van der Waals surface area contributed by atoms with Crippen LogP contribution in [0.1, 0.15) is 56.0 Å². The monoisotopic (exact) mass is 281 g/mol. The van der Waals surface area contributed by atoms with Crippen LogP contribution in [-0.4, -0.2) is 35.1 Å². The first-order chi connectivity index (χ1) is 9.11. The Bertz CT molecular complexity index is 390. The van der Waals surface area contributed by atoms with Gasteiger partial charge < -0.3 is 5.32 Å². The SMILES string of the molecule is CCCNC1CCN(C(C)c2ncc(C)s2)C(C)C1. The first-order valence-electron chi connectivity index (χ1n) is 7.53. The van der Waals surface area contributed by atoms with E-state index in [1.54, 1.807) is 0 Å². The predicted octanol–water partition coefficient (Wildman–Crippen LogP) is 3.37. The lowest BCUT2D eigenvalue weighted by Gasteiger charge is -2.41. The van der Waals surface area contributed by atoms with Crippen molar-refractivity contribution in [1.82, 2.24) is 15.2 Å². The highest BCUT2D eigenvalue weighted by molar-refractivity contribution is 7.11. The number of nitrogens with zero attached hydrogens (tertiary/aromatic N) is 2. The summed E-state index contributed by atoms with van der Waals surface area (Å²) >= 11 is 1.84. The Morgan fingerprint density at radius 1 is 1.58 bits per heavy atom. The molecular formula is C15H27N3S. The van der Waals surface area contributed by atoms with E-state index in [-0.39, 0.29) is 0 Å². The van der Waals surface area contributed by atoms with Gasteiger partial charge in [-0.1, -0.05) is 6.92 Å². The van der Waals surface area contributed by atoms with Gasteiger partial charge in [-0.05, 0) is 46.6 Å². The number of nitrogens with one attached hydrogen (secondary N) is 1. The molecule has 1 aliphatic rings. The molecule has 1 aliphatic heterocycles. The van der Waals surface area contributed by atoms with Gasteiger partial charge in [0.25, 0.3) is 0 Å².